The van der Waals surface area contributed by atoms with E-state index in [0.717, 1.165) is 13.1 Å². The van der Waals surface area contributed by atoms with Crippen LogP contribution in [0.5, 0.6) is 0 Å². The molecule has 0 fully saturated rings. The van der Waals surface area contributed by atoms with Gasteiger partial charge < -0.3 is 10.6 Å². The molecule has 5 nitrogen and oxygen atoms in total. The molecule has 118 valence electrons. The molecule has 1 aromatic heterocycles. The molecule has 0 radical (unpaired) electrons. The summed E-state index contributed by atoms with van der Waals surface area (Å²) in [5.74, 6) is 0.564. The average molecular weight is 292 g/mol. The molecule has 1 aromatic rings. The number of amides is 1. The van der Waals surface area contributed by atoms with Crippen LogP contribution in [0.15, 0.2) is 18.3 Å². The third-order valence-electron chi connectivity index (χ3n) is 3.38. The number of carbonyl (C=O) groups excluding carboxylic acids is 1. The van der Waals surface area contributed by atoms with Crippen LogP contribution in [0.1, 0.15) is 45.0 Å². The first-order valence-corrected chi connectivity index (χ1v) is 7.70. The van der Waals surface area contributed by atoms with Gasteiger partial charge in [0.1, 0.15) is 5.82 Å². The molecule has 0 spiro atoms. The average Bonchev–Trinajstić information content (AvgIpc) is 2.43. The molecule has 0 saturated heterocycles. The third-order valence-corrected chi connectivity index (χ3v) is 3.38. The van der Waals surface area contributed by atoms with E-state index in [9.17, 15) is 4.79 Å². The van der Waals surface area contributed by atoms with Gasteiger partial charge in [0.25, 0.3) is 5.91 Å². The van der Waals surface area contributed by atoms with E-state index in [2.05, 4.69) is 48.2 Å². The van der Waals surface area contributed by atoms with E-state index in [-0.39, 0.29) is 5.91 Å². The lowest BCUT2D eigenvalue weighted by Gasteiger charge is -2.30. The van der Waals surface area contributed by atoms with Crippen LogP contribution in [0.25, 0.3) is 0 Å². The highest BCUT2D eigenvalue weighted by Crippen LogP contribution is 2.10. The van der Waals surface area contributed by atoms with Crippen LogP contribution in [0.2, 0.25) is 0 Å². The van der Waals surface area contributed by atoms with Crippen molar-refractivity contribution in [3.05, 3.63) is 23.9 Å². The molecule has 5 heteroatoms. The third kappa shape index (κ3) is 5.34. The van der Waals surface area contributed by atoms with Crippen molar-refractivity contribution in [3.63, 3.8) is 0 Å². The number of hydrogen-bond donors (Lipinski definition) is 2. The van der Waals surface area contributed by atoms with E-state index in [0.29, 0.717) is 30.0 Å². The van der Waals surface area contributed by atoms with Gasteiger partial charge in [-0.25, -0.2) is 4.98 Å². The van der Waals surface area contributed by atoms with Crippen LogP contribution in [0.3, 0.4) is 0 Å². The number of hydrogen-bond acceptors (Lipinski definition) is 4. The highest BCUT2D eigenvalue weighted by atomic mass is 16.1. The predicted octanol–water partition coefficient (Wildman–Crippen LogP) is 2.36. The summed E-state index contributed by atoms with van der Waals surface area (Å²) >= 11 is 0. The van der Waals surface area contributed by atoms with Crippen molar-refractivity contribution >= 4 is 11.7 Å². The number of carbonyl (C=O) groups is 1. The lowest BCUT2D eigenvalue weighted by Crippen LogP contribution is -2.42. The maximum absolute atomic E-state index is 12.3. The van der Waals surface area contributed by atoms with Crippen LogP contribution in [0.4, 0.5) is 5.82 Å². The predicted molar refractivity (Wildman–Crippen MR) is 87.7 cm³/mol. The molecule has 1 heterocycles. The summed E-state index contributed by atoms with van der Waals surface area (Å²) < 4.78 is 0. The van der Waals surface area contributed by atoms with Crippen LogP contribution in [-0.4, -0.2) is 47.5 Å². The van der Waals surface area contributed by atoms with E-state index in [1.807, 2.05) is 6.92 Å². The Morgan fingerprint density at radius 1 is 1.29 bits per heavy atom. The molecular weight excluding hydrogens is 264 g/mol. The van der Waals surface area contributed by atoms with Gasteiger partial charge in [0, 0.05) is 37.9 Å². The Morgan fingerprint density at radius 3 is 2.52 bits per heavy atom. The molecule has 1 rings (SSSR count). The van der Waals surface area contributed by atoms with Gasteiger partial charge in [0.2, 0.25) is 0 Å². The van der Waals surface area contributed by atoms with Crippen LogP contribution in [0, 0.1) is 0 Å². The number of nitrogens with zero attached hydrogens (tertiary/aromatic N) is 2. The highest BCUT2D eigenvalue weighted by molar-refractivity contribution is 5.98. The zero-order valence-electron chi connectivity index (χ0n) is 13.8. The summed E-state index contributed by atoms with van der Waals surface area (Å²) in [5.41, 5.74) is 0.597. The second-order valence-electron chi connectivity index (χ2n) is 5.61. The fourth-order valence-corrected chi connectivity index (χ4v) is 2.40. The smallest absolute Gasteiger partial charge is 0.255 e. The van der Waals surface area contributed by atoms with Crippen molar-refractivity contribution in [1.82, 2.24) is 15.2 Å². The number of rotatable bonds is 8. The molecule has 0 atom stereocenters. The van der Waals surface area contributed by atoms with Gasteiger partial charge in [0.15, 0.2) is 0 Å². The molecule has 0 aliphatic heterocycles. The van der Waals surface area contributed by atoms with Gasteiger partial charge in [0.05, 0.1) is 5.56 Å². The van der Waals surface area contributed by atoms with Gasteiger partial charge >= 0.3 is 0 Å². The normalized spacial score (nSPS) is 11.2. The summed E-state index contributed by atoms with van der Waals surface area (Å²) in [7, 11) is 0. The molecule has 0 aliphatic carbocycles. The zero-order chi connectivity index (χ0) is 15.8. The van der Waals surface area contributed by atoms with Gasteiger partial charge in [-0.2, -0.15) is 0 Å². The fourth-order valence-electron chi connectivity index (χ4n) is 2.40. The van der Waals surface area contributed by atoms with E-state index < -0.39 is 0 Å². The van der Waals surface area contributed by atoms with Crippen molar-refractivity contribution in [2.24, 2.45) is 0 Å². The Bertz CT molecular complexity index is 438. The Hall–Kier alpha value is -1.62. The lowest BCUT2D eigenvalue weighted by atomic mass is 10.2. The second kappa shape index (κ2) is 8.62. The van der Waals surface area contributed by atoms with Crippen LogP contribution < -0.4 is 10.6 Å². The molecule has 0 aliphatic rings. The van der Waals surface area contributed by atoms with Crippen LogP contribution >= 0.6 is 0 Å². The first-order chi connectivity index (χ1) is 9.97. The van der Waals surface area contributed by atoms with Gasteiger partial charge in [-0.1, -0.05) is 0 Å². The Labute approximate surface area is 128 Å². The summed E-state index contributed by atoms with van der Waals surface area (Å²) in [6, 6.07) is 4.52. The summed E-state index contributed by atoms with van der Waals surface area (Å²) in [4.78, 5) is 18.8. The molecular formula is C16H28N4O. The lowest BCUT2D eigenvalue weighted by molar-refractivity contribution is 0.0940. The van der Waals surface area contributed by atoms with Crippen molar-refractivity contribution in [1.29, 1.82) is 0 Å². The van der Waals surface area contributed by atoms with Crippen molar-refractivity contribution in [2.75, 3.05) is 25.0 Å². The maximum atomic E-state index is 12.3. The maximum Gasteiger partial charge on any atom is 0.255 e. The summed E-state index contributed by atoms with van der Waals surface area (Å²) in [6.45, 7) is 12.9. The fraction of sp³-hybridized carbons (Fsp3) is 0.625. The molecule has 0 saturated carbocycles. The molecule has 2 N–H and O–H groups in total. The highest BCUT2D eigenvalue weighted by Gasteiger charge is 2.15. The minimum Gasteiger partial charge on any atom is -0.370 e. The number of aromatic nitrogens is 1. The van der Waals surface area contributed by atoms with E-state index >= 15 is 0 Å². The minimum absolute atomic E-state index is 0.0773. The van der Waals surface area contributed by atoms with Gasteiger partial charge in [-0.15, -0.1) is 0 Å². The Balaban J connectivity index is 2.58. The quantitative estimate of drug-likeness (QED) is 0.772. The van der Waals surface area contributed by atoms with Gasteiger partial charge in [-0.3, -0.25) is 9.69 Å². The topological polar surface area (TPSA) is 57.3 Å². The van der Waals surface area contributed by atoms with Crippen molar-refractivity contribution in [3.8, 4) is 0 Å². The number of nitrogens with one attached hydrogen (secondary N) is 2. The first-order valence-electron chi connectivity index (χ1n) is 7.70. The SMILES string of the molecule is CCNc1ncccc1C(=O)NCCN(C(C)C)C(C)C. The Kier molecular flexibility index (Phi) is 7.15. The number of anilines is 1. The van der Waals surface area contributed by atoms with E-state index in [1.165, 1.54) is 0 Å². The van der Waals surface area contributed by atoms with Crippen molar-refractivity contribution < 1.29 is 4.79 Å². The summed E-state index contributed by atoms with van der Waals surface area (Å²) in [6.07, 6.45) is 1.69. The standard InChI is InChI=1S/C16H28N4O/c1-6-17-15-14(8-7-9-18-15)16(21)19-10-11-20(12(2)3)13(4)5/h7-9,12-13H,6,10-11H2,1-5H3,(H,17,18)(H,19,21). The van der Waals surface area contributed by atoms with Gasteiger partial charge in [-0.05, 0) is 46.8 Å². The zero-order valence-corrected chi connectivity index (χ0v) is 13.8. The first kappa shape index (κ1) is 17.4. The van der Waals surface area contributed by atoms with E-state index in [4.69, 9.17) is 0 Å². The minimum atomic E-state index is -0.0773. The van der Waals surface area contributed by atoms with Crippen LogP contribution in [-0.2, 0) is 0 Å². The number of pyridine rings is 1. The molecule has 21 heavy (non-hydrogen) atoms. The molecule has 0 bridgehead atoms. The van der Waals surface area contributed by atoms with E-state index in [1.54, 1.807) is 18.3 Å². The molecule has 1 amide bonds. The second-order valence-corrected chi connectivity index (χ2v) is 5.61. The Morgan fingerprint density at radius 2 is 1.95 bits per heavy atom. The molecule has 0 aromatic carbocycles. The molecule has 0 unspecified atom stereocenters. The summed E-state index contributed by atoms with van der Waals surface area (Å²) in [5, 5.41) is 6.09. The monoisotopic (exact) mass is 292 g/mol. The van der Waals surface area contributed by atoms with Crippen molar-refractivity contribution in [2.45, 2.75) is 46.7 Å². The largest absolute Gasteiger partial charge is 0.370 e.